The highest BCUT2D eigenvalue weighted by molar-refractivity contribution is 5.52. The number of hydrogen-bond acceptors (Lipinski definition) is 1. The van der Waals surface area contributed by atoms with Crippen LogP contribution in [-0.2, 0) is 6.42 Å². The molecule has 1 heteroatoms. The first-order valence-electron chi connectivity index (χ1n) is 8.35. The maximum Gasteiger partial charge on any atom is 0.0370 e. The maximum atomic E-state index is 3.59. The second-order valence-electron chi connectivity index (χ2n) is 6.94. The first-order chi connectivity index (χ1) is 10.5. The molecule has 2 aromatic rings. The van der Waals surface area contributed by atoms with Crippen molar-refractivity contribution in [3.63, 3.8) is 0 Å². The highest BCUT2D eigenvalue weighted by atomic mass is 14.9. The Labute approximate surface area is 135 Å². The normalized spacial score (nSPS) is 12.5. The fourth-order valence-electron chi connectivity index (χ4n) is 2.85. The van der Waals surface area contributed by atoms with Crippen LogP contribution in [0, 0.1) is 19.8 Å². The molecule has 22 heavy (non-hydrogen) atoms. The van der Waals surface area contributed by atoms with Crippen molar-refractivity contribution in [2.45, 2.75) is 47.0 Å². The first-order valence-corrected chi connectivity index (χ1v) is 8.35. The quantitative estimate of drug-likeness (QED) is 0.719. The summed E-state index contributed by atoms with van der Waals surface area (Å²) in [4.78, 5) is 0. The molecule has 1 unspecified atom stereocenters. The zero-order chi connectivity index (χ0) is 16.1. The number of anilines is 1. The van der Waals surface area contributed by atoms with Crippen molar-refractivity contribution in [1.29, 1.82) is 0 Å². The minimum atomic E-state index is 0.508. The number of aryl methyl sites for hydroxylation is 2. The Bertz CT molecular complexity index is 596. The van der Waals surface area contributed by atoms with Crippen molar-refractivity contribution in [2.75, 3.05) is 11.9 Å². The number of hydrogen-bond donors (Lipinski definition) is 1. The van der Waals surface area contributed by atoms with E-state index in [1.54, 1.807) is 0 Å². The maximum absolute atomic E-state index is 3.59. The van der Waals surface area contributed by atoms with Gasteiger partial charge in [0.05, 0.1) is 0 Å². The van der Waals surface area contributed by atoms with Crippen LogP contribution in [0.15, 0.2) is 42.5 Å². The average Bonchev–Trinajstić information content (AvgIpc) is 2.46. The van der Waals surface area contributed by atoms with Crippen molar-refractivity contribution in [1.82, 2.24) is 0 Å². The summed E-state index contributed by atoms with van der Waals surface area (Å²) < 4.78 is 0. The highest BCUT2D eigenvalue weighted by Gasteiger charge is 2.07. The van der Waals surface area contributed by atoms with Gasteiger partial charge in [-0.1, -0.05) is 62.7 Å². The van der Waals surface area contributed by atoms with E-state index in [1.165, 1.54) is 27.9 Å². The molecule has 0 amide bonds. The van der Waals surface area contributed by atoms with Crippen molar-refractivity contribution in [3.8, 4) is 0 Å². The van der Waals surface area contributed by atoms with Gasteiger partial charge in [-0.25, -0.2) is 0 Å². The van der Waals surface area contributed by atoms with Gasteiger partial charge >= 0.3 is 0 Å². The molecular weight excluding hydrogens is 266 g/mol. The van der Waals surface area contributed by atoms with E-state index in [1.807, 2.05) is 0 Å². The van der Waals surface area contributed by atoms with E-state index in [-0.39, 0.29) is 0 Å². The van der Waals surface area contributed by atoms with Crippen LogP contribution in [-0.4, -0.2) is 6.54 Å². The van der Waals surface area contributed by atoms with Crippen LogP contribution >= 0.6 is 0 Å². The first kappa shape index (κ1) is 16.6. The summed E-state index contributed by atoms with van der Waals surface area (Å²) in [6.07, 6.45) is 1.16. The number of rotatable bonds is 6. The summed E-state index contributed by atoms with van der Waals surface area (Å²) in [5.41, 5.74) is 6.73. The highest BCUT2D eigenvalue weighted by Crippen LogP contribution is 2.21. The van der Waals surface area contributed by atoms with Crippen LogP contribution in [0.3, 0.4) is 0 Å². The standard InChI is InChI=1S/C21H29N/c1-15(2)12-19-7-9-20(10-8-19)18(5)14-22-21-11-6-16(3)13-17(21)4/h6-11,13,15,18,22H,12,14H2,1-5H3. The predicted molar refractivity (Wildman–Crippen MR) is 97.8 cm³/mol. The predicted octanol–water partition coefficient (Wildman–Crippen LogP) is 5.72. The summed E-state index contributed by atoms with van der Waals surface area (Å²) in [7, 11) is 0. The second-order valence-corrected chi connectivity index (χ2v) is 6.94. The van der Waals surface area contributed by atoms with Crippen molar-refractivity contribution < 1.29 is 0 Å². The van der Waals surface area contributed by atoms with Crippen molar-refractivity contribution in [3.05, 3.63) is 64.7 Å². The molecule has 0 fully saturated rings. The Kier molecular flexibility index (Phi) is 5.65. The summed E-state index contributed by atoms with van der Waals surface area (Å²) in [6, 6.07) is 15.7. The Hall–Kier alpha value is -1.76. The lowest BCUT2D eigenvalue weighted by molar-refractivity contribution is 0.647. The second kappa shape index (κ2) is 7.49. The third-order valence-corrected chi connectivity index (χ3v) is 4.17. The fourth-order valence-corrected chi connectivity index (χ4v) is 2.85. The van der Waals surface area contributed by atoms with Gasteiger partial charge in [0.2, 0.25) is 0 Å². The molecule has 0 bridgehead atoms. The van der Waals surface area contributed by atoms with Crippen LogP contribution in [0.4, 0.5) is 5.69 Å². The Balaban J connectivity index is 1.95. The van der Waals surface area contributed by atoms with Crippen molar-refractivity contribution >= 4 is 5.69 Å². The third-order valence-electron chi connectivity index (χ3n) is 4.17. The van der Waals surface area contributed by atoms with Gasteiger partial charge in [-0.3, -0.25) is 0 Å². The SMILES string of the molecule is Cc1ccc(NCC(C)c2ccc(CC(C)C)cc2)c(C)c1. The molecule has 118 valence electrons. The van der Waals surface area contributed by atoms with E-state index < -0.39 is 0 Å². The van der Waals surface area contributed by atoms with E-state index in [0.29, 0.717) is 5.92 Å². The van der Waals surface area contributed by atoms with Gasteiger partial charge in [-0.05, 0) is 54.9 Å². The van der Waals surface area contributed by atoms with Crippen LogP contribution in [0.1, 0.15) is 48.9 Å². The lowest BCUT2D eigenvalue weighted by Crippen LogP contribution is -2.10. The molecular formula is C21H29N. The minimum Gasteiger partial charge on any atom is -0.384 e. The smallest absolute Gasteiger partial charge is 0.0370 e. The summed E-state index contributed by atoms with van der Waals surface area (Å²) in [5, 5.41) is 3.59. The van der Waals surface area contributed by atoms with Gasteiger partial charge in [0.1, 0.15) is 0 Å². The van der Waals surface area contributed by atoms with Crippen LogP contribution in [0.5, 0.6) is 0 Å². The Morgan fingerprint density at radius 1 is 0.909 bits per heavy atom. The van der Waals surface area contributed by atoms with E-state index in [4.69, 9.17) is 0 Å². The third kappa shape index (κ3) is 4.62. The Morgan fingerprint density at radius 3 is 2.18 bits per heavy atom. The zero-order valence-corrected chi connectivity index (χ0v) is 14.6. The molecule has 0 spiro atoms. The molecule has 0 saturated carbocycles. The van der Waals surface area contributed by atoms with E-state index in [9.17, 15) is 0 Å². The van der Waals surface area contributed by atoms with E-state index in [0.717, 1.165) is 18.9 Å². The van der Waals surface area contributed by atoms with E-state index in [2.05, 4.69) is 82.4 Å². The molecule has 1 atom stereocenters. The molecule has 0 aliphatic heterocycles. The molecule has 0 saturated heterocycles. The molecule has 0 aromatic heterocycles. The molecule has 0 radical (unpaired) electrons. The van der Waals surface area contributed by atoms with Crippen LogP contribution in [0.25, 0.3) is 0 Å². The molecule has 0 aliphatic rings. The lowest BCUT2D eigenvalue weighted by Gasteiger charge is -2.16. The molecule has 0 aliphatic carbocycles. The molecule has 2 rings (SSSR count). The minimum absolute atomic E-state index is 0.508. The van der Waals surface area contributed by atoms with Crippen molar-refractivity contribution in [2.24, 2.45) is 5.92 Å². The Morgan fingerprint density at radius 2 is 1.59 bits per heavy atom. The molecule has 0 heterocycles. The van der Waals surface area contributed by atoms with Crippen LogP contribution < -0.4 is 5.32 Å². The van der Waals surface area contributed by atoms with E-state index >= 15 is 0 Å². The van der Waals surface area contributed by atoms with Gasteiger partial charge in [0.15, 0.2) is 0 Å². The van der Waals surface area contributed by atoms with Gasteiger partial charge in [0.25, 0.3) is 0 Å². The summed E-state index contributed by atoms with van der Waals surface area (Å²) >= 11 is 0. The fraction of sp³-hybridized carbons (Fsp3) is 0.429. The monoisotopic (exact) mass is 295 g/mol. The average molecular weight is 295 g/mol. The van der Waals surface area contributed by atoms with Crippen LogP contribution in [0.2, 0.25) is 0 Å². The van der Waals surface area contributed by atoms with Gasteiger partial charge in [-0.2, -0.15) is 0 Å². The summed E-state index contributed by atoms with van der Waals surface area (Å²) in [6.45, 7) is 12.1. The molecule has 2 aromatic carbocycles. The molecule has 1 nitrogen and oxygen atoms in total. The van der Waals surface area contributed by atoms with Gasteiger partial charge in [-0.15, -0.1) is 0 Å². The lowest BCUT2D eigenvalue weighted by atomic mass is 9.96. The topological polar surface area (TPSA) is 12.0 Å². The molecule has 1 N–H and O–H groups in total. The summed E-state index contributed by atoms with van der Waals surface area (Å²) in [5.74, 6) is 1.23. The number of benzene rings is 2. The van der Waals surface area contributed by atoms with Gasteiger partial charge in [0, 0.05) is 12.2 Å². The zero-order valence-electron chi connectivity index (χ0n) is 14.6. The largest absolute Gasteiger partial charge is 0.384 e. The van der Waals surface area contributed by atoms with Gasteiger partial charge < -0.3 is 5.32 Å². The number of nitrogens with one attached hydrogen (secondary N) is 1.